The summed E-state index contributed by atoms with van der Waals surface area (Å²) in [5.41, 5.74) is 1.79. The van der Waals surface area contributed by atoms with Crippen molar-refractivity contribution in [1.29, 1.82) is 0 Å². The number of hydrogen-bond donors (Lipinski definition) is 2. The summed E-state index contributed by atoms with van der Waals surface area (Å²) in [6, 6.07) is 12.9. The Balaban J connectivity index is 3.59. The summed E-state index contributed by atoms with van der Waals surface area (Å²) in [7, 11) is -2.02. The van der Waals surface area contributed by atoms with E-state index in [9.17, 15) is 10.2 Å². The highest BCUT2D eigenvalue weighted by atomic mass is 28.3. The molecule has 3 heteroatoms. The third kappa shape index (κ3) is 3.01. The Morgan fingerprint density at radius 2 is 1.62 bits per heavy atom. The van der Waals surface area contributed by atoms with Gasteiger partial charge >= 0.3 is 0 Å². The Kier molecular flexibility index (Phi) is 6.38. The molecule has 2 N–H and O–H groups in total. The average Bonchev–Trinajstić information content (AvgIpc) is 2.50. The van der Waals surface area contributed by atoms with E-state index in [0.717, 1.165) is 29.3 Å². The van der Waals surface area contributed by atoms with Crippen LogP contribution in [0, 0.1) is 5.92 Å². The maximum atomic E-state index is 11.9. The summed E-state index contributed by atoms with van der Waals surface area (Å²) in [5.74, 6) is -0.300. The minimum Gasteiger partial charge on any atom is -0.396 e. The van der Waals surface area contributed by atoms with Crippen LogP contribution in [0.3, 0.4) is 0 Å². The molecule has 0 saturated heterocycles. The Morgan fingerprint density at radius 1 is 1.14 bits per heavy atom. The lowest BCUT2D eigenvalue weighted by Crippen LogP contribution is -2.60. The zero-order valence-electron chi connectivity index (χ0n) is 13.9. The predicted molar refractivity (Wildman–Crippen MR) is 92.9 cm³/mol. The molecular weight excluding hydrogens is 276 g/mol. The molecule has 0 aliphatic heterocycles. The van der Waals surface area contributed by atoms with Gasteiger partial charge in [-0.3, -0.25) is 0 Å². The second-order valence-electron chi connectivity index (χ2n) is 6.05. The lowest BCUT2D eigenvalue weighted by atomic mass is 9.90. The number of benzene rings is 1. The fraction of sp³-hybridized carbons (Fsp3) is 0.556. The van der Waals surface area contributed by atoms with E-state index in [1.807, 2.05) is 37.3 Å². The van der Waals surface area contributed by atoms with Crippen LogP contribution >= 0.6 is 0 Å². The molecule has 0 radical (unpaired) electrons. The fourth-order valence-electron chi connectivity index (χ4n) is 3.77. The molecule has 1 aromatic rings. The van der Waals surface area contributed by atoms with Gasteiger partial charge in [-0.15, -0.1) is 0 Å². The Bertz CT molecular complexity index is 445. The maximum Gasteiger partial charge on any atom is 0.0970 e. The predicted octanol–water partition coefficient (Wildman–Crippen LogP) is 4.11. The first-order valence-corrected chi connectivity index (χ1v) is 10.6. The quantitative estimate of drug-likeness (QED) is 0.560. The van der Waals surface area contributed by atoms with Gasteiger partial charge in [0.25, 0.3) is 0 Å². The summed E-state index contributed by atoms with van der Waals surface area (Å²) in [6.07, 6.45) is 0. The zero-order valence-corrected chi connectivity index (χ0v) is 14.9. The van der Waals surface area contributed by atoms with Crippen LogP contribution in [0.15, 0.2) is 42.5 Å². The lowest BCUT2D eigenvalue weighted by molar-refractivity contribution is 0.0325. The van der Waals surface area contributed by atoms with Gasteiger partial charge in [-0.2, -0.15) is 0 Å². The van der Waals surface area contributed by atoms with E-state index >= 15 is 0 Å². The van der Waals surface area contributed by atoms with E-state index in [2.05, 4.69) is 27.4 Å². The SMILES string of the molecule is C=C(C)[C@H](CO)[C@](O)(c1ccccc1)[Si](CC)(CC)CC. The number of aliphatic hydroxyl groups is 2. The van der Waals surface area contributed by atoms with Crippen molar-refractivity contribution in [3.05, 3.63) is 48.0 Å². The van der Waals surface area contributed by atoms with Crippen molar-refractivity contribution in [2.75, 3.05) is 6.61 Å². The van der Waals surface area contributed by atoms with Gasteiger partial charge in [0.1, 0.15) is 0 Å². The topological polar surface area (TPSA) is 40.5 Å². The molecule has 0 aliphatic rings. The van der Waals surface area contributed by atoms with Crippen molar-refractivity contribution < 1.29 is 10.2 Å². The smallest absolute Gasteiger partial charge is 0.0970 e. The van der Waals surface area contributed by atoms with Crippen LogP contribution in [0.2, 0.25) is 18.1 Å². The molecule has 0 spiro atoms. The van der Waals surface area contributed by atoms with Gasteiger partial charge in [-0.25, -0.2) is 0 Å². The van der Waals surface area contributed by atoms with Gasteiger partial charge in [0.15, 0.2) is 0 Å². The monoisotopic (exact) mass is 306 g/mol. The molecule has 0 saturated carbocycles. The summed E-state index contributed by atoms with van der Waals surface area (Å²) >= 11 is 0. The van der Waals surface area contributed by atoms with E-state index in [1.165, 1.54) is 0 Å². The highest BCUT2D eigenvalue weighted by Crippen LogP contribution is 2.46. The first-order valence-electron chi connectivity index (χ1n) is 7.97. The minimum absolute atomic E-state index is 0.0600. The molecule has 0 unspecified atom stereocenters. The first-order chi connectivity index (χ1) is 9.93. The molecular formula is C18H30O2Si. The van der Waals surface area contributed by atoms with Crippen LogP contribution in [-0.4, -0.2) is 24.9 Å². The molecule has 21 heavy (non-hydrogen) atoms. The van der Waals surface area contributed by atoms with E-state index in [4.69, 9.17) is 0 Å². The van der Waals surface area contributed by atoms with Crippen molar-refractivity contribution >= 4 is 8.07 Å². The van der Waals surface area contributed by atoms with E-state index in [-0.39, 0.29) is 12.5 Å². The number of rotatable bonds is 8. The van der Waals surface area contributed by atoms with Gasteiger partial charge in [0.05, 0.1) is 19.9 Å². The highest BCUT2D eigenvalue weighted by Gasteiger charge is 2.54. The minimum atomic E-state index is -2.02. The van der Waals surface area contributed by atoms with Crippen LogP contribution in [0.1, 0.15) is 33.3 Å². The molecule has 0 aliphatic carbocycles. The Labute approximate surface area is 130 Å². The molecule has 118 valence electrons. The second kappa shape index (κ2) is 7.39. The van der Waals surface area contributed by atoms with Crippen LogP contribution in [0.4, 0.5) is 0 Å². The normalized spacial score (nSPS) is 16.3. The second-order valence-corrected chi connectivity index (χ2v) is 11.5. The van der Waals surface area contributed by atoms with Crippen molar-refractivity contribution in [2.24, 2.45) is 5.92 Å². The first kappa shape index (κ1) is 18.1. The number of hydrogen-bond acceptors (Lipinski definition) is 2. The third-order valence-electron chi connectivity index (χ3n) is 5.33. The molecule has 0 bridgehead atoms. The Hall–Kier alpha value is -0.903. The van der Waals surface area contributed by atoms with Crippen LogP contribution in [-0.2, 0) is 5.22 Å². The lowest BCUT2D eigenvalue weighted by Gasteiger charge is -2.50. The van der Waals surface area contributed by atoms with Gasteiger partial charge in [-0.1, -0.05) is 81.4 Å². The zero-order chi connectivity index (χ0) is 16.1. The Morgan fingerprint density at radius 3 is 1.95 bits per heavy atom. The van der Waals surface area contributed by atoms with Crippen LogP contribution < -0.4 is 0 Å². The van der Waals surface area contributed by atoms with E-state index in [1.54, 1.807) is 0 Å². The maximum absolute atomic E-state index is 11.9. The molecule has 1 rings (SSSR count). The van der Waals surface area contributed by atoms with Gasteiger partial charge in [0, 0.05) is 5.92 Å². The summed E-state index contributed by atoms with van der Waals surface area (Å²) in [4.78, 5) is 0. The standard InChI is InChI=1S/C18H30O2Si/c1-6-21(7-2,8-3)18(20,17(14-19)15(4)5)16-12-10-9-11-13-16/h9-13,17,19-20H,4,6-8,14H2,1-3,5H3/t17-,18-/m0/s1. The fourth-order valence-corrected chi connectivity index (χ4v) is 8.75. The summed E-state index contributed by atoms with van der Waals surface area (Å²) < 4.78 is 0. The van der Waals surface area contributed by atoms with Crippen molar-refractivity contribution in [2.45, 2.75) is 51.1 Å². The summed E-state index contributed by atoms with van der Waals surface area (Å²) in [5, 5.41) is 20.8. The van der Waals surface area contributed by atoms with Crippen LogP contribution in [0.5, 0.6) is 0 Å². The molecule has 2 atom stereocenters. The summed E-state index contributed by atoms with van der Waals surface area (Å²) in [6.45, 7) is 12.4. The van der Waals surface area contributed by atoms with Crippen molar-refractivity contribution in [1.82, 2.24) is 0 Å². The molecule has 0 heterocycles. The molecule has 0 amide bonds. The largest absolute Gasteiger partial charge is 0.396 e. The molecule has 2 nitrogen and oxygen atoms in total. The molecule has 1 aromatic carbocycles. The highest BCUT2D eigenvalue weighted by molar-refractivity contribution is 6.82. The molecule has 0 fully saturated rings. The average molecular weight is 307 g/mol. The van der Waals surface area contributed by atoms with Gasteiger partial charge in [-0.05, 0) is 12.5 Å². The molecule has 0 aromatic heterocycles. The van der Waals surface area contributed by atoms with E-state index in [0.29, 0.717) is 0 Å². The van der Waals surface area contributed by atoms with Gasteiger partial charge in [0.2, 0.25) is 0 Å². The number of aliphatic hydroxyl groups excluding tert-OH is 1. The van der Waals surface area contributed by atoms with E-state index < -0.39 is 13.3 Å². The van der Waals surface area contributed by atoms with Crippen LogP contribution in [0.25, 0.3) is 0 Å². The van der Waals surface area contributed by atoms with Crippen molar-refractivity contribution in [3.63, 3.8) is 0 Å². The van der Waals surface area contributed by atoms with Gasteiger partial charge < -0.3 is 10.2 Å². The third-order valence-corrected chi connectivity index (χ3v) is 11.6. The van der Waals surface area contributed by atoms with Crippen molar-refractivity contribution in [3.8, 4) is 0 Å².